The molecule has 0 fully saturated rings. The highest BCUT2D eigenvalue weighted by Gasteiger charge is 2.27. The maximum atomic E-state index is 12.7. The Morgan fingerprint density at radius 3 is 1.65 bits per heavy atom. The van der Waals surface area contributed by atoms with Gasteiger partial charge in [0.25, 0.3) is 0 Å². The molecular formula is C52H93NO9P+. The summed E-state index contributed by atoms with van der Waals surface area (Å²) in [6.45, 7) is 4.15. The SMILES string of the molecule is CC/C=C\C/C=C\CC(O)/C=C/C=C\C/C=C\C/C=C\CCC(=O)OC[C@H](COP(=O)(O)OCC[N+](C)(C)C)OC(=O)CCCCCCCCCCCCCCCCCCCCC. The molecule has 0 bridgehead atoms. The number of quaternary nitrogens is 1. The van der Waals surface area contributed by atoms with Gasteiger partial charge in [-0.25, -0.2) is 4.57 Å². The number of aliphatic hydroxyl groups excluding tert-OH is 1. The van der Waals surface area contributed by atoms with Crippen LogP contribution in [-0.2, 0) is 32.7 Å². The Morgan fingerprint density at radius 2 is 1.10 bits per heavy atom. The van der Waals surface area contributed by atoms with E-state index >= 15 is 0 Å². The molecule has 0 spiro atoms. The van der Waals surface area contributed by atoms with Gasteiger partial charge in [0.2, 0.25) is 0 Å². The number of phosphoric acid groups is 1. The van der Waals surface area contributed by atoms with E-state index in [2.05, 4.69) is 38.2 Å². The van der Waals surface area contributed by atoms with Gasteiger partial charge < -0.3 is 24.0 Å². The van der Waals surface area contributed by atoms with Gasteiger partial charge in [-0.2, -0.15) is 0 Å². The van der Waals surface area contributed by atoms with Crippen LogP contribution < -0.4 is 0 Å². The number of carbonyl (C=O) groups excluding carboxylic acids is 2. The van der Waals surface area contributed by atoms with Gasteiger partial charge in [0.1, 0.15) is 19.8 Å². The van der Waals surface area contributed by atoms with Crippen molar-refractivity contribution in [2.45, 2.75) is 199 Å². The largest absolute Gasteiger partial charge is 0.472 e. The predicted octanol–water partition coefficient (Wildman–Crippen LogP) is 13.6. The van der Waals surface area contributed by atoms with Crippen molar-refractivity contribution in [2.75, 3.05) is 47.5 Å². The van der Waals surface area contributed by atoms with Gasteiger partial charge >= 0.3 is 19.8 Å². The molecule has 0 aromatic heterocycles. The van der Waals surface area contributed by atoms with Crippen LogP contribution in [0.2, 0.25) is 0 Å². The van der Waals surface area contributed by atoms with Crippen LogP contribution in [0.4, 0.5) is 0 Å². The van der Waals surface area contributed by atoms with E-state index in [0.29, 0.717) is 30.3 Å². The first-order valence-corrected chi connectivity index (χ1v) is 26.3. The molecule has 0 rings (SSSR count). The number of ether oxygens (including phenoxy) is 2. The minimum absolute atomic E-state index is 0.0102. The second kappa shape index (κ2) is 43.3. The number of hydrogen-bond acceptors (Lipinski definition) is 8. The number of hydrogen-bond donors (Lipinski definition) is 2. The molecule has 0 aliphatic rings. The van der Waals surface area contributed by atoms with Crippen LogP contribution in [0.25, 0.3) is 0 Å². The Kier molecular flexibility index (Phi) is 41.5. The normalized spacial score (nSPS) is 14.6. The number of likely N-dealkylation sites (N-methyl/N-ethyl adjacent to an activating group) is 1. The number of rotatable bonds is 44. The van der Waals surface area contributed by atoms with Crippen LogP contribution in [-0.4, -0.2) is 86.1 Å². The summed E-state index contributed by atoms with van der Waals surface area (Å²) < 4.78 is 34.3. The molecule has 63 heavy (non-hydrogen) atoms. The molecule has 0 amide bonds. The molecule has 0 aromatic carbocycles. The van der Waals surface area contributed by atoms with Crippen molar-refractivity contribution in [3.05, 3.63) is 72.9 Å². The number of allylic oxidation sites excluding steroid dienone is 10. The standard InChI is InChI=1S/C52H92NO9P/c1-6-8-10-12-14-15-16-17-18-19-20-21-22-23-24-29-32-36-40-44-52(56)62-50(48-61-63(57,58)60-46-45-53(3,4)5)47-59-51(55)43-39-35-31-28-26-25-27-30-34-38-42-49(54)41-37-33-13-11-9-7-2/h9,11,25-26,30-31,33-35,37-38,42,49-50,54H,6-8,10,12-24,27-29,32,36,39-41,43-48H2,1-5H3/p+1/b11-9-,26-25-,34-30-,35-31-,37-33-,42-38+/t49?,50-/m1/s1. The first-order valence-electron chi connectivity index (χ1n) is 24.8. The highest BCUT2D eigenvalue weighted by molar-refractivity contribution is 7.47. The third-order valence-corrected chi connectivity index (χ3v) is 11.3. The molecule has 0 radical (unpaired) electrons. The maximum absolute atomic E-state index is 12.7. The summed E-state index contributed by atoms with van der Waals surface area (Å²) in [5.41, 5.74) is 0. The van der Waals surface area contributed by atoms with Crippen LogP contribution in [0.5, 0.6) is 0 Å². The van der Waals surface area contributed by atoms with Crippen molar-refractivity contribution < 1.29 is 47.2 Å². The van der Waals surface area contributed by atoms with E-state index < -0.39 is 38.6 Å². The Labute approximate surface area is 385 Å². The third-order valence-electron chi connectivity index (χ3n) is 10.3. The summed E-state index contributed by atoms with van der Waals surface area (Å²) >= 11 is 0. The van der Waals surface area contributed by atoms with Crippen molar-refractivity contribution in [2.24, 2.45) is 0 Å². The number of phosphoric ester groups is 1. The van der Waals surface area contributed by atoms with E-state index in [1.165, 1.54) is 96.3 Å². The van der Waals surface area contributed by atoms with E-state index in [9.17, 15) is 24.2 Å². The van der Waals surface area contributed by atoms with Gasteiger partial charge in [0.15, 0.2) is 6.10 Å². The van der Waals surface area contributed by atoms with E-state index in [1.54, 1.807) is 6.08 Å². The zero-order chi connectivity index (χ0) is 46.5. The van der Waals surface area contributed by atoms with Crippen molar-refractivity contribution in [3.63, 3.8) is 0 Å². The molecule has 11 heteroatoms. The lowest BCUT2D eigenvalue weighted by molar-refractivity contribution is -0.870. The second-order valence-electron chi connectivity index (χ2n) is 17.7. The lowest BCUT2D eigenvalue weighted by Gasteiger charge is -2.24. The summed E-state index contributed by atoms with van der Waals surface area (Å²) in [6, 6.07) is 0. The average molecular weight is 907 g/mol. The highest BCUT2D eigenvalue weighted by Crippen LogP contribution is 2.43. The average Bonchev–Trinajstić information content (AvgIpc) is 3.23. The van der Waals surface area contributed by atoms with Crippen LogP contribution in [0.3, 0.4) is 0 Å². The van der Waals surface area contributed by atoms with Gasteiger partial charge in [0.05, 0.1) is 33.9 Å². The Balaban J connectivity index is 4.44. The van der Waals surface area contributed by atoms with Crippen LogP contribution in [0, 0.1) is 0 Å². The van der Waals surface area contributed by atoms with Gasteiger partial charge in [-0.05, 0) is 44.9 Å². The van der Waals surface area contributed by atoms with Gasteiger partial charge in [-0.3, -0.25) is 18.6 Å². The maximum Gasteiger partial charge on any atom is 0.472 e. The minimum Gasteiger partial charge on any atom is -0.462 e. The summed E-state index contributed by atoms with van der Waals surface area (Å²) in [5, 5.41) is 10.0. The molecule has 0 aromatic rings. The minimum atomic E-state index is -4.41. The summed E-state index contributed by atoms with van der Waals surface area (Å²) in [4.78, 5) is 35.5. The van der Waals surface area contributed by atoms with E-state index in [4.69, 9.17) is 18.5 Å². The fourth-order valence-electron chi connectivity index (χ4n) is 6.48. The van der Waals surface area contributed by atoms with Crippen LogP contribution in [0.1, 0.15) is 187 Å². The molecule has 0 heterocycles. The zero-order valence-corrected chi connectivity index (χ0v) is 41.5. The molecule has 0 saturated carbocycles. The first kappa shape index (κ1) is 60.4. The molecule has 2 unspecified atom stereocenters. The van der Waals surface area contributed by atoms with Gasteiger partial charge in [-0.1, -0.05) is 202 Å². The fourth-order valence-corrected chi connectivity index (χ4v) is 7.22. The number of aliphatic hydroxyl groups is 1. The molecule has 10 nitrogen and oxygen atoms in total. The molecule has 3 atom stereocenters. The van der Waals surface area contributed by atoms with Crippen LogP contribution >= 0.6 is 7.82 Å². The zero-order valence-electron chi connectivity index (χ0n) is 40.6. The molecule has 2 N–H and O–H groups in total. The lowest BCUT2D eigenvalue weighted by atomic mass is 10.0. The number of unbranched alkanes of at least 4 members (excludes halogenated alkanes) is 18. The molecular weight excluding hydrogens is 814 g/mol. The smallest absolute Gasteiger partial charge is 0.462 e. The summed E-state index contributed by atoms with van der Waals surface area (Å²) in [6.07, 6.45) is 51.4. The van der Waals surface area contributed by atoms with Crippen molar-refractivity contribution in [3.8, 4) is 0 Å². The molecule has 0 aliphatic heterocycles. The Hall–Kier alpha value is -2.59. The summed E-state index contributed by atoms with van der Waals surface area (Å²) in [5.74, 6) is -0.924. The molecule has 0 aliphatic carbocycles. The number of nitrogens with zero attached hydrogens (tertiary/aromatic N) is 1. The van der Waals surface area contributed by atoms with E-state index in [-0.39, 0.29) is 26.1 Å². The molecule has 0 saturated heterocycles. The topological polar surface area (TPSA) is 129 Å². The highest BCUT2D eigenvalue weighted by atomic mass is 31.2. The van der Waals surface area contributed by atoms with Crippen molar-refractivity contribution >= 4 is 19.8 Å². The Bertz CT molecular complexity index is 1320. The first-order chi connectivity index (χ1) is 30.4. The van der Waals surface area contributed by atoms with Gasteiger partial charge in [-0.15, -0.1) is 0 Å². The molecule has 364 valence electrons. The predicted molar refractivity (Wildman–Crippen MR) is 262 cm³/mol. The van der Waals surface area contributed by atoms with Crippen molar-refractivity contribution in [1.82, 2.24) is 0 Å². The monoisotopic (exact) mass is 907 g/mol. The number of carbonyl (C=O) groups is 2. The Morgan fingerprint density at radius 1 is 0.587 bits per heavy atom. The van der Waals surface area contributed by atoms with Crippen molar-refractivity contribution in [1.29, 1.82) is 0 Å². The van der Waals surface area contributed by atoms with E-state index in [1.807, 2.05) is 63.7 Å². The van der Waals surface area contributed by atoms with E-state index in [0.717, 1.165) is 44.9 Å². The number of esters is 2. The lowest BCUT2D eigenvalue weighted by Crippen LogP contribution is -2.37. The van der Waals surface area contributed by atoms with Crippen LogP contribution in [0.15, 0.2) is 72.9 Å². The second-order valence-corrected chi connectivity index (χ2v) is 19.1. The quantitative estimate of drug-likeness (QED) is 0.0153. The fraction of sp³-hybridized carbons (Fsp3) is 0.731. The summed E-state index contributed by atoms with van der Waals surface area (Å²) in [7, 11) is 1.41. The third kappa shape index (κ3) is 47.2. The van der Waals surface area contributed by atoms with Gasteiger partial charge in [0, 0.05) is 12.8 Å².